The van der Waals surface area contributed by atoms with Crippen LogP contribution in [0.1, 0.15) is 25.8 Å². The van der Waals surface area contributed by atoms with Gasteiger partial charge in [-0.2, -0.15) is 0 Å². The number of rotatable bonds is 5. The summed E-state index contributed by atoms with van der Waals surface area (Å²) in [6.45, 7) is 4.26. The van der Waals surface area contributed by atoms with E-state index in [1.807, 2.05) is 44.2 Å². The Morgan fingerprint density at radius 2 is 1.94 bits per heavy atom. The van der Waals surface area contributed by atoms with Crippen LogP contribution in [0.3, 0.4) is 0 Å². The summed E-state index contributed by atoms with van der Waals surface area (Å²) in [6, 6.07) is 9.07. The van der Waals surface area contributed by atoms with Crippen molar-refractivity contribution >= 4 is 18.4 Å². The number of ether oxygens (including phenoxy) is 1. The molecule has 0 bridgehead atoms. The smallest absolute Gasteiger partial charge is 0.323 e. The van der Waals surface area contributed by atoms with Gasteiger partial charge in [0.05, 0.1) is 0 Å². The van der Waals surface area contributed by atoms with E-state index in [1.165, 1.54) is 0 Å². The summed E-state index contributed by atoms with van der Waals surface area (Å²) in [5.41, 5.74) is 6.74. The van der Waals surface area contributed by atoms with Crippen LogP contribution in [0.2, 0.25) is 0 Å². The van der Waals surface area contributed by atoms with Crippen LogP contribution in [0, 0.1) is 5.92 Å². The molecule has 1 rings (SSSR count). The highest BCUT2D eigenvalue weighted by Gasteiger charge is 2.20. The Morgan fingerprint density at radius 1 is 1.35 bits per heavy atom. The number of hydrogen-bond donors (Lipinski definition) is 1. The van der Waals surface area contributed by atoms with Crippen LogP contribution in [0.15, 0.2) is 30.3 Å². The summed E-state index contributed by atoms with van der Waals surface area (Å²) in [6.07, 6.45) is 0.877. The van der Waals surface area contributed by atoms with Gasteiger partial charge in [-0.05, 0) is 11.5 Å². The lowest BCUT2D eigenvalue weighted by molar-refractivity contribution is -0.147. The second-order valence-electron chi connectivity index (χ2n) is 4.00. The molecule has 0 aliphatic carbocycles. The van der Waals surface area contributed by atoms with Gasteiger partial charge in [0.1, 0.15) is 12.6 Å². The minimum absolute atomic E-state index is 0. The first-order valence-corrected chi connectivity index (χ1v) is 5.61. The van der Waals surface area contributed by atoms with Gasteiger partial charge in [0, 0.05) is 0 Å². The second-order valence-corrected chi connectivity index (χ2v) is 4.00. The molecular weight excluding hydrogens is 238 g/mol. The Hall–Kier alpha value is -1.06. The van der Waals surface area contributed by atoms with Crippen LogP contribution in [0.25, 0.3) is 0 Å². The summed E-state index contributed by atoms with van der Waals surface area (Å²) >= 11 is 0. The molecular formula is C13H20ClNO2. The number of nitrogens with two attached hydrogens (primary N) is 1. The Labute approximate surface area is 109 Å². The summed E-state index contributed by atoms with van der Waals surface area (Å²) in [5.74, 6) is -0.165. The molecule has 0 saturated heterocycles. The Kier molecular flexibility index (Phi) is 7.59. The van der Waals surface area contributed by atoms with Crippen LogP contribution in [-0.4, -0.2) is 12.0 Å². The molecule has 0 saturated carbocycles. The van der Waals surface area contributed by atoms with Gasteiger partial charge in [-0.3, -0.25) is 4.79 Å². The molecule has 3 nitrogen and oxygen atoms in total. The number of esters is 1. The SMILES string of the molecule is CCC(C)[C@H](N)C(=O)OCc1ccccc1.Cl. The van der Waals surface area contributed by atoms with Crippen LogP contribution >= 0.6 is 12.4 Å². The second kappa shape index (κ2) is 8.09. The average molecular weight is 258 g/mol. The summed E-state index contributed by atoms with van der Waals surface area (Å²) < 4.78 is 5.15. The molecule has 1 unspecified atom stereocenters. The molecule has 0 spiro atoms. The van der Waals surface area contributed by atoms with Crippen molar-refractivity contribution in [1.29, 1.82) is 0 Å². The molecule has 0 amide bonds. The van der Waals surface area contributed by atoms with E-state index in [1.54, 1.807) is 0 Å². The molecule has 0 radical (unpaired) electrons. The van der Waals surface area contributed by atoms with Crippen molar-refractivity contribution in [2.45, 2.75) is 32.9 Å². The highest BCUT2D eigenvalue weighted by molar-refractivity contribution is 5.85. The van der Waals surface area contributed by atoms with Crippen LogP contribution in [0.4, 0.5) is 0 Å². The van der Waals surface area contributed by atoms with Gasteiger partial charge in [0.15, 0.2) is 0 Å². The number of carbonyl (C=O) groups excluding carboxylic acids is 1. The van der Waals surface area contributed by atoms with E-state index >= 15 is 0 Å². The zero-order chi connectivity index (χ0) is 12.0. The van der Waals surface area contributed by atoms with E-state index in [0.29, 0.717) is 6.61 Å². The minimum Gasteiger partial charge on any atom is -0.460 e. The first kappa shape index (κ1) is 15.9. The van der Waals surface area contributed by atoms with Gasteiger partial charge < -0.3 is 10.5 Å². The molecule has 1 aromatic carbocycles. The maximum absolute atomic E-state index is 11.6. The molecule has 2 atom stereocenters. The molecule has 1 aromatic rings. The third kappa shape index (κ3) is 5.20. The standard InChI is InChI=1S/C13H19NO2.ClH/c1-3-10(2)12(14)13(15)16-9-11-7-5-4-6-8-11;/h4-8,10,12H,3,9,14H2,1-2H3;1H/t10?,12-;/m0./s1. The molecule has 17 heavy (non-hydrogen) atoms. The van der Waals surface area contributed by atoms with E-state index in [-0.39, 0.29) is 24.3 Å². The fourth-order valence-electron chi connectivity index (χ4n) is 1.31. The monoisotopic (exact) mass is 257 g/mol. The third-order valence-electron chi connectivity index (χ3n) is 2.75. The van der Waals surface area contributed by atoms with Gasteiger partial charge in [0.2, 0.25) is 0 Å². The van der Waals surface area contributed by atoms with Gasteiger partial charge in [-0.1, -0.05) is 50.6 Å². The number of carbonyl (C=O) groups is 1. The summed E-state index contributed by atoms with van der Waals surface area (Å²) in [7, 11) is 0. The van der Waals surface area contributed by atoms with Crippen LogP contribution < -0.4 is 5.73 Å². The quantitative estimate of drug-likeness (QED) is 0.825. The van der Waals surface area contributed by atoms with Crippen molar-refractivity contribution in [3.63, 3.8) is 0 Å². The first-order valence-electron chi connectivity index (χ1n) is 5.61. The largest absolute Gasteiger partial charge is 0.460 e. The number of hydrogen-bond acceptors (Lipinski definition) is 3. The van der Waals surface area contributed by atoms with Gasteiger partial charge >= 0.3 is 5.97 Å². The minimum atomic E-state index is -0.520. The summed E-state index contributed by atoms with van der Waals surface area (Å²) in [4.78, 5) is 11.6. The molecule has 0 aliphatic rings. The van der Waals surface area contributed by atoms with Crippen molar-refractivity contribution in [2.24, 2.45) is 11.7 Å². The van der Waals surface area contributed by atoms with E-state index in [4.69, 9.17) is 10.5 Å². The predicted octanol–water partition coefficient (Wildman–Crippen LogP) is 2.53. The number of halogens is 1. The lowest BCUT2D eigenvalue weighted by Crippen LogP contribution is -2.37. The van der Waals surface area contributed by atoms with Gasteiger partial charge in [0.25, 0.3) is 0 Å². The molecule has 2 N–H and O–H groups in total. The molecule has 96 valence electrons. The van der Waals surface area contributed by atoms with Gasteiger partial charge in [-0.15, -0.1) is 12.4 Å². The predicted molar refractivity (Wildman–Crippen MR) is 70.9 cm³/mol. The van der Waals surface area contributed by atoms with E-state index in [0.717, 1.165) is 12.0 Å². The number of benzene rings is 1. The van der Waals surface area contributed by atoms with Gasteiger partial charge in [-0.25, -0.2) is 0 Å². The van der Waals surface area contributed by atoms with Crippen molar-refractivity contribution in [3.05, 3.63) is 35.9 Å². The third-order valence-corrected chi connectivity index (χ3v) is 2.75. The Morgan fingerprint density at radius 3 is 2.47 bits per heavy atom. The normalized spacial score (nSPS) is 13.4. The van der Waals surface area contributed by atoms with E-state index < -0.39 is 6.04 Å². The first-order chi connectivity index (χ1) is 7.65. The Bertz CT molecular complexity index is 329. The van der Waals surface area contributed by atoms with Crippen molar-refractivity contribution < 1.29 is 9.53 Å². The summed E-state index contributed by atoms with van der Waals surface area (Å²) in [5, 5.41) is 0. The van der Waals surface area contributed by atoms with Crippen molar-refractivity contribution in [1.82, 2.24) is 0 Å². The van der Waals surface area contributed by atoms with Crippen molar-refractivity contribution in [3.8, 4) is 0 Å². The van der Waals surface area contributed by atoms with E-state index in [9.17, 15) is 4.79 Å². The maximum Gasteiger partial charge on any atom is 0.323 e. The highest BCUT2D eigenvalue weighted by atomic mass is 35.5. The zero-order valence-electron chi connectivity index (χ0n) is 10.3. The molecule has 0 aromatic heterocycles. The van der Waals surface area contributed by atoms with E-state index in [2.05, 4.69) is 0 Å². The fraction of sp³-hybridized carbons (Fsp3) is 0.462. The van der Waals surface area contributed by atoms with Crippen LogP contribution in [0.5, 0.6) is 0 Å². The molecule has 0 heterocycles. The average Bonchev–Trinajstić information content (AvgIpc) is 2.35. The topological polar surface area (TPSA) is 52.3 Å². The maximum atomic E-state index is 11.6. The van der Waals surface area contributed by atoms with Crippen LogP contribution in [-0.2, 0) is 16.1 Å². The van der Waals surface area contributed by atoms with Crippen molar-refractivity contribution in [2.75, 3.05) is 0 Å². The molecule has 0 aliphatic heterocycles. The molecule has 4 heteroatoms. The fourth-order valence-corrected chi connectivity index (χ4v) is 1.31. The molecule has 0 fully saturated rings. The lowest BCUT2D eigenvalue weighted by atomic mass is 10.0. The zero-order valence-corrected chi connectivity index (χ0v) is 11.1. The Balaban J connectivity index is 0.00000256. The highest BCUT2D eigenvalue weighted by Crippen LogP contribution is 2.08. The lowest BCUT2D eigenvalue weighted by Gasteiger charge is -2.16.